The van der Waals surface area contributed by atoms with E-state index in [0.29, 0.717) is 32.3 Å². The molecule has 0 saturated heterocycles. The molecule has 4 nitrogen and oxygen atoms in total. The first-order valence-corrected chi connectivity index (χ1v) is 18.8. The number of benzene rings is 8. The van der Waals surface area contributed by atoms with E-state index in [4.69, 9.17) is 9.47 Å². The van der Waals surface area contributed by atoms with Crippen molar-refractivity contribution in [2.24, 2.45) is 0 Å². The molecule has 0 aromatic heterocycles. The Kier molecular flexibility index (Phi) is 9.91. The highest BCUT2D eigenvalue weighted by Crippen LogP contribution is 2.49. The van der Waals surface area contributed by atoms with E-state index in [-0.39, 0.29) is 11.9 Å². The van der Waals surface area contributed by atoms with E-state index in [1.807, 2.05) is 6.92 Å². The first kappa shape index (κ1) is 34.8. The number of methoxy groups -OCH3 is 1. The number of hydrogen-bond donors (Lipinski definition) is 0. The molecule has 0 aliphatic rings. The van der Waals surface area contributed by atoms with Gasteiger partial charge in [-0.1, -0.05) is 153 Å². The van der Waals surface area contributed by atoms with Crippen LogP contribution in [0.4, 0.5) is 0 Å². The highest BCUT2D eigenvalue weighted by molar-refractivity contribution is 6.29. The molecule has 4 heteroatoms. The van der Waals surface area contributed by atoms with Crippen molar-refractivity contribution in [1.29, 1.82) is 0 Å². The second-order valence-electron chi connectivity index (χ2n) is 13.9. The second-order valence-corrected chi connectivity index (χ2v) is 13.9. The van der Waals surface area contributed by atoms with Gasteiger partial charge in [-0.3, -0.25) is 9.59 Å². The number of carbonyl (C=O) groups excluding carboxylic acids is 2. The number of carbonyl (C=O) groups is 2. The molecule has 0 amide bonds. The SMILES string of the molecule is CCCOC(=O)CCc1ccc(-c2c3ccccc3c(-c3c4ccccc4c(-c4ccc(CCC(=O)OC)cc4)c4ccccc34)c3ccccc23)cc1. The van der Waals surface area contributed by atoms with E-state index < -0.39 is 0 Å². The molecule has 54 heavy (non-hydrogen) atoms. The van der Waals surface area contributed by atoms with Gasteiger partial charge in [-0.05, 0) is 107 Å². The molecule has 0 spiro atoms. The van der Waals surface area contributed by atoms with Crippen LogP contribution >= 0.6 is 0 Å². The highest BCUT2D eigenvalue weighted by Gasteiger charge is 2.22. The molecule has 0 fully saturated rings. The van der Waals surface area contributed by atoms with E-state index in [1.54, 1.807) is 0 Å². The minimum atomic E-state index is -0.198. The molecule has 0 N–H and O–H groups in total. The third kappa shape index (κ3) is 6.60. The number of rotatable bonds is 11. The summed E-state index contributed by atoms with van der Waals surface area (Å²) in [6, 6.07) is 52.5. The van der Waals surface area contributed by atoms with Crippen molar-refractivity contribution in [3.8, 4) is 33.4 Å². The van der Waals surface area contributed by atoms with Crippen LogP contribution in [-0.4, -0.2) is 25.7 Å². The van der Waals surface area contributed by atoms with Gasteiger partial charge in [-0.15, -0.1) is 0 Å². The molecule has 8 aromatic carbocycles. The van der Waals surface area contributed by atoms with Gasteiger partial charge < -0.3 is 9.47 Å². The third-order valence-electron chi connectivity index (χ3n) is 10.5. The first-order valence-electron chi connectivity index (χ1n) is 18.8. The highest BCUT2D eigenvalue weighted by atomic mass is 16.5. The summed E-state index contributed by atoms with van der Waals surface area (Å²) in [7, 11) is 1.43. The van der Waals surface area contributed by atoms with E-state index in [9.17, 15) is 9.59 Å². The van der Waals surface area contributed by atoms with Crippen LogP contribution in [0.2, 0.25) is 0 Å². The average molecular weight is 707 g/mol. The summed E-state index contributed by atoms with van der Waals surface area (Å²) >= 11 is 0. The summed E-state index contributed by atoms with van der Waals surface area (Å²) in [5.74, 6) is -0.345. The monoisotopic (exact) mass is 706 g/mol. The Morgan fingerprint density at radius 3 is 1.06 bits per heavy atom. The van der Waals surface area contributed by atoms with Gasteiger partial charge in [-0.25, -0.2) is 0 Å². The van der Waals surface area contributed by atoms with Crippen LogP contribution < -0.4 is 0 Å². The molecule has 0 heterocycles. The van der Waals surface area contributed by atoms with Crippen LogP contribution in [0.3, 0.4) is 0 Å². The van der Waals surface area contributed by atoms with Crippen LogP contribution in [0, 0.1) is 0 Å². The van der Waals surface area contributed by atoms with Crippen molar-refractivity contribution in [2.45, 2.75) is 39.0 Å². The largest absolute Gasteiger partial charge is 0.469 e. The van der Waals surface area contributed by atoms with E-state index in [2.05, 4.69) is 146 Å². The maximum atomic E-state index is 12.2. The Morgan fingerprint density at radius 2 is 0.741 bits per heavy atom. The lowest BCUT2D eigenvalue weighted by molar-refractivity contribution is -0.143. The van der Waals surface area contributed by atoms with Crippen molar-refractivity contribution < 1.29 is 19.1 Å². The molecule has 266 valence electrons. The molecule has 0 radical (unpaired) electrons. The molecule has 0 unspecified atom stereocenters. The van der Waals surface area contributed by atoms with Crippen molar-refractivity contribution in [2.75, 3.05) is 13.7 Å². The molecule has 0 aliphatic heterocycles. The fraction of sp³-hybridized carbons (Fsp3) is 0.160. The van der Waals surface area contributed by atoms with Crippen LogP contribution in [0.1, 0.15) is 37.3 Å². The van der Waals surface area contributed by atoms with Gasteiger partial charge in [0.1, 0.15) is 0 Å². The molecular formula is C50H42O4. The molecular weight excluding hydrogens is 665 g/mol. The zero-order valence-corrected chi connectivity index (χ0v) is 30.7. The van der Waals surface area contributed by atoms with Crippen LogP contribution in [0.25, 0.3) is 76.5 Å². The van der Waals surface area contributed by atoms with Gasteiger partial charge in [0.25, 0.3) is 0 Å². The van der Waals surface area contributed by atoms with Crippen molar-refractivity contribution in [3.05, 3.63) is 157 Å². The maximum absolute atomic E-state index is 12.2. The lowest BCUT2D eigenvalue weighted by Crippen LogP contribution is -2.06. The Balaban J connectivity index is 1.31. The van der Waals surface area contributed by atoms with E-state index in [1.165, 1.54) is 72.5 Å². The lowest BCUT2D eigenvalue weighted by atomic mass is 9.81. The molecule has 8 aromatic rings. The van der Waals surface area contributed by atoms with Crippen molar-refractivity contribution in [1.82, 2.24) is 0 Å². The van der Waals surface area contributed by atoms with E-state index in [0.717, 1.165) is 28.7 Å². The summed E-state index contributed by atoms with van der Waals surface area (Å²) in [6.07, 6.45) is 2.86. The average Bonchev–Trinajstić information content (AvgIpc) is 3.23. The Labute approximate surface area is 316 Å². The Hall–Kier alpha value is -6.26. The summed E-state index contributed by atoms with van der Waals surface area (Å²) in [4.78, 5) is 24.0. The van der Waals surface area contributed by atoms with Gasteiger partial charge in [0.15, 0.2) is 0 Å². The number of aryl methyl sites for hydroxylation is 2. The summed E-state index contributed by atoms with van der Waals surface area (Å²) in [5, 5.41) is 9.58. The standard InChI is InChI=1S/C50H42O4/c1-3-32-54-46(52)31-25-34-22-28-36(29-23-34)48-39-14-6-10-18-43(39)50(44-19-11-7-15-40(44)48)49-41-16-8-4-12-37(41)47(38-13-5-9-17-42(38)49)35-26-20-33(21-27-35)24-30-45(51)53-2/h4-23,26-29H,3,24-25,30-32H2,1-2H3. The number of esters is 2. The van der Waals surface area contributed by atoms with Crippen LogP contribution in [-0.2, 0) is 31.9 Å². The number of fused-ring (bicyclic) bond motifs is 4. The topological polar surface area (TPSA) is 52.6 Å². The van der Waals surface area contributed by atoms with Gasteiger partial charge in [-0.2, -0.15) is 0 Å². The normalized spacial score (nSPS) is 11.4. The minimum Gasteiger partial charge on any atom is -0.469 e. The third-order valence-corrected chi connectivity index (χ3v) is 10.5. The summed E-state index contributed by atoms with van der Waals surface area (Å²) in [5.41, 5.74) is 9.37. The Morgan fingerprint density at radius 1 is 0.426 bits per heavy atom. The zero-order chi connectivity index (χ0) is 37.0. The fourth-order valence-electron chi connectivity index (χ4n) is 7.98. The minimum absolute atomic E-state index is 0.146. The number of ether oxygens (including phenoxy) is 2. The van der Waals surface area contributed by atoms with Crippen molar-refractivity contribution >= 4 is 55.0 Å². The first-order chi connectivity index (χ1) is 26.6. The van der Waals surface area contributed by atoms with Crippen molar-refractivity contribution in [3.63, 3.8) is 0 Å². The zero-order valence-electron chi connectivity index (χ0n) is 30.7. The van der Waals surface area contributed by atoms with Crippen LogP contribution in [0.5, 0.6) is 0 Å². The van der Waals surface area contributed by atoms with Gasteiger partial charge >= 0.3 is 11.9 Å². The lowest BCUT2D eigenvalue weighted by Gasteiger charge is -2.22. The second kappa shape index (κ2) is 15.4. The molecule has 0 saturated carbocycles. The van der Waals surface area contributed by atoms with Gasteiger partial charge in [0, 0.05) is 12.8 Å². The van der Waals surface area contributed by atoms with E-state index >= 15 is 0 Å². The summed E-state index contributed by atoms with van der Waals surface area (Å²) < 4.78 is 10.2. The maximum Gasteiger partial charge on any atom is 0.306 e. The quantitative estimate of drug-likeness (QED) is 0.0992. The van der Waals surface area contributed by atoms with Gasteiger partial charge in [0.05, 0.1) is 13.7 Å². The molecule has 0 aliphatic carbocycles. The predicted molar refractivity (Wildman–Crippen MR) is 223 cm³/mol. The number of hydrogen-bond acceptors (Lipinski definition) is 4. The predicted octanol–water partition coefficient (Wildman–Crippen LogP) is 12.3. The van der Waals surface area contributed by atoms with Gasteiger partial charge in [0.2, 0.25) is 0 Å². The molecule has 8 rings (SSSR count). The molecule has 0 bridgehead atoms. The fourth-order valence-corrected chi connectivity index (χ4v) is 7.98. The molecule has 0 atom stereocenters. The van der Waals surface area contributed by atoms with Crippen LogP contribution in [0.15, 0.2) is 146 Å². The summed E-state index contributed by atoms with van der Waals surface area (Å²) in [6.45, 7) is 2.48. The Bertz CT molecular complexity index is 2540. The smallest absolute Gasteiger partial charge is 0.306 e.